The highest BCUT2D eigenvalue weighted by atomic mass is 16.5. The van der Waals surface area contributed by atoms with E-state index < -0.39 is 0 Å². The van der Waals surface area contributed by atoms with Gasteiger partial charge in [-0.2, -0.15) is 0 Å². The zero-order chi connectivity index (χ0) is 18.6. The van der Waals surface area contributed by atoms with E-state index in [1.54, 1.807) is 0 Å². The van der Waals surface area contributed by atoms with Crippen LogP contribution in [0.5, 0.6) is 0 Å². The predicted molar refractivity (Wildman–Crippen MR) is 101 cm³/mol. The summed E-state index contributed by atoms with van der Waals surface area (Å²) in [6.45, 7) is 9.95. The first-order valence-corrected chi connectivity index (χ1v) is 10.4. The molecule has 3 aliphatic heterocycles. The van der Waals surface area contributed by atoms with Crippen molar-refractivity contribution in [3.8, 4) is 0 Å². The van der Waals surface area contributed by atoms with Gasteiger partial charge in [-0.1, -0.05) is 5.16 Å². The number of morpholine rings is 1. The summed E-state index contributed by atoms with van der Waals surface area (Å²) in [6.07, 6.45) is 4.52. The Kier molecular flexibility index (Phi) is 6.10. The predicted octanol–water partition coefficient (Wildman–Crippen LogP) is 1.52. The van der Waals surface area contributed by atoms with Crippen LogP contribution in [0.4, 0.5) is 0 Å². The summed E-state index contributed by atoms with van der Waals surface area (Å²) in [5.74, 6) is 1.48. The third kappa shape index (κ3) is 4.70. The Labute approximate surface area is 161 Å². The second-order valence-electron chi connectivity index (χ2n) is 8.21. The van der Waals surface area contributed by atoms with E-state index in [1.165, 1.54) is 12.8 Å². The van der Waals surface area contributed by atoms with Crippen molar-refractivity contribution >= 4 is 5.91 Å². The molecule has 0 saturated carbocycles. The van der Waals surface area contributed by atoms with Gasteiger partial charge in [0.15, 0.2) is 5.76 Å². The molecule has 7 heteroatoms. The minimum Gasteiger partial charge on any atom is -0.378 e. The van der Waals surface area contributed by atoms with Gasteiger partial charge in [-0.25, -0.2) is 0 Å². The lowest BCUT2D eigenvalue weighted by molar-refractivity contribution is -0.142. The van der Waals surface area contributed by atoms with Crippen LogP contribution in [-0.2, 0) is 16.1 Å². The Bertz CT molecular complexity index is 620. The van der Waals surface area contributed by atoms with Gasteiger partial charge in [0, 0.05) is 44.8 Å². The molecule has 4 heterocycles. The van der Waals surface area contributed by atoms with Crippen LogP contribution in [0, 0.1) is 12.8 Å². The highest BCUT2D eigenvalue weighted by Gasteiger charge is 2.34. The summed E-state index contributed by atoms with van der Waals surface area (Å²) < 4.78 is 10.7. The van der Waals surface area contributed by atoms with Gasteiger partial charge in [0.1, 0.15) is 0 Å². The molecule has 0 spiro atoms. The molecule has 0 aliphatic carbocycles. The molecule has 27 heavy (non-hydrogen) atoms. The van der Waals surface area contributed by atoms with Crippen molar-refractivity contribution in [2.24, 2.45) is 5.92 Å². The third-order valence-corrected chi connectivity index (χ3v) is 6.25. The quantitative estimate of drug-likeness (QED) is 0.794. The van der Waals surface area contributed by atoms with Crippen molar-refractivity contribution < 1.29 is 14.1 Å². The van der Waals surface area contributed by atoms with E-state index in [-0.39, 0.29) is 5.92 Å². The molecule has 0 radical (unpaired) electrons. The average Bonchev–Trinajstić information content (AvgIpc) is 3.13. The van der Waals surface area contributed by atoms with E-state index in [0.29, 0.717) is 25.2 Å². The smallest absolute Gasteiger partial charge is 0.227 e. The Morgan fingerprint density at radius 2 is 1.93 bits per heavy atom. The SMILES string of the molecule is Cc1cc(CN2CCC(N3CCCC(C(=O)N4CCOCC4)C3)CC2)on1. The topological polar surface area (TPSA) is 62.0 Å². The molecule has 1 amide bonds. The number of likely N-dealkylation sites (tertiary alicyclic amines) is 2. The highest BCUT2D eigenvalue weighted by molar-refractivity contribution is 5.79. The highest BCUT2D eigenvalue weighted by Crippen LogP contribution is 2.26. The van der Waals surface area contributed by atoms with Crippen LogP contribution in [0.2, 0.25) is 0 Å². The van der Waals surface area contributed by atoms with Gasteiger partial charge in [0.25, 0.3) is 0 Å². The molecule has 0 aromatic carbocycles. The molecule has 3 saturated heterocycles. The molecular weight excluding hydrogens is 344 g/mol. The second-order valence-corrected chi connectivity index (χ2v) is 8.21. The lowest BCUT2D eigenvalue weighted by Gasteiger charge is -2.42. The lowest BCUT2D eigenvalue weighted by Crippen LogP contribution is -2.52. The number of carbonyl (C=O) groups is 1. The number of hydrogen-bond acceptors (Lipinski definition) is 6. The van der Waals surface area contributed by atoms with Crippen LogP contribution in [0.25, 0.3) is 0 Å². The first kappa shape index (κ1) is 18.9. The molecule has 1 unspecified atom stereocenters. The number of aromatic nitrogens is 1. The maximum absolute atomic E-state index is 12.9. The number of aryl methyl sites for hydroxylation is 1. The van der Waals surface area contributed by atoms with Crippen LogP contribution >= 0.6 is 0 Å². The number of amides is 1. The number of ether oxygens (including phenoxy) is 1. The second kappa shape index (κ2) is 8.71. The maximum atomic E-state index is 12.9. The number of piperidine rings is 2. The van der Waals surface area contributed by atoms with Crippen LogP contribution in [0.1, 0.15) is 37.1 Å². The van der Waals surface area contributed by atoms with Crippen molar-refractivity contribution in [1.29, 1.82) is 0 Å². The largest absolute Gasteiger partial charge is 0.378 e. The normalized spacial score (nSPS) is 26.4. The lowest BCUT2D eigenvalue weighted by atomic mass is 9.92. The van der Waals surface area contributed by atoms with Crippen LogP contribution in [0.3, 0.4) is 0 Å². The molecule has 7 nitrogen and oxygen atoms in total. The minimum absolute atomic E-state index is 0.173. The fourth-order valence-electron chi connectivity index (χ4n) is 4.74. The van der Waals surface area contributed by atoms with E-state index in [2.05, 4.69) is 15.0 Å². The first-order valence-electron chi connectivity index (χ1n) is 10.4. The van der Waals surface area contributed by atoms with Gasteiger partial charge in [-0.3, -0.25) is 14.6 Å². The summed E-state index contributed by atoms with van der Waals surface area (Å²) in [4.78, 5) is 19.9. The Morgan fingerprint density at radius 3 is 2.63 bits per heavy atom. The standard InChI is InChI=1S/C20H32N4O3/c1-16-13-19(27-21-16)15-22-7-4-18(5-8-22)24-6-2-3-17(14-24)20(25)23-9-11-26-12-10-23/h13,17-18H,2-12,14-15H2,1H3. The van der Waals surface area contributed by atoms with Gasteiger partial charge < -0.3 is 14.2 Å². The van der Waals surface area contributed by atoms with Crippen molar-refractivity contribution in [1.82, 2.24) is 19.9 Å². The monoisotopic (exact) mass is 376 g/mol. The number of rotatable bonds is 4. The fraction of sp³-hybridized carbons (Fsp3) is 0.800. The molecule has 3 aliphatic rings. The number of carbonyl (C=O) groups excluding carboxylic acids is 1. The maximum Gasteiger partial charge on any atom is 0.227 e. The molecular formula is C20H32N4O3. The van der Waals surface area contributed by atoms with Gasteiger partial charge in [0.2, 0.25) is 5.91 Å². The van der Waals surface area contributed by atoms with Gasteiger partial charge in [-0.15, -0.1) is 0 Å². The van der Waals surface area contributed by atoms with E-state index in [4.69, 9.17) is 9.26 Å². The van der Waals surface area contributed by atoms with Crippen LogP contribution in [0.15, 0.2) is 10.6 Å². The molecule has 3 fully saturated rings. The Balaban J connectivity index is 1.26. The van der Waals surface area contributed by atoms with E-state index in [1.807, 2.05) is 17.9 Å². The molecule has 0 N–H and O–H groups in total. The first-order chi connectivity index (χ1) is 13.2. The number of hydrogen-bond donors (Lipinski definition) is 0. The van der Waals surface area contributed by atoms with Crippen molar-refractivity contribution in [3.63, 3.8) is 0 Å². The molecule has 0 bridgehead atoms. The fourth-order valence-corrected chi connectivity index (χ4v) is 4.74. The summed E-state index contributed by atoms with van der Waals surface area (Å²) >= 11 is 0. The Morgan fingerprint density at radius 1 is 1.15 bits per heavy atom. The summed E-state index contributed by atoms with van der Waals surface area (Å²) in [5.41, 5.74) is 0.948. The van der Waals surface area contributed by atoms with Gasteiger partial charge >= 0.3 is 0 Å². The zero-order valence-electron chi connectivity index (χ0n) is 16.4. The summed E-state index contributed by atoms with van der Waals surface area (Å²) in [5, 5.41) is 3.98. The third-order valence-electron chi connectivity index (χ3n) is 6.25. The van der Waals surface area contributed by atoms with Crippen molar-refractivity contribution in [2.75, 3.05) is 52.5 Å². The Hall–Kier alpha value is -1.44. The molecule has 1 aromatic rings. The molecule has 1 aromatic heterocycles. The van der Waals surface area contributed by atoms with Gasteiger partial charge in [-0.05, 0) is 39.2 Å². The number of nitrogens with zero attached hydrogens (tertiary/aromatic N) is 4. The van der Waals surface area contributed by atoms with E-state index >= 15 is 0 Å². The molecule has 150 valence electrons. The molecule has 4 rings (SSSR count). The summed E-state index contributed by atoms with van der Waals surface area (Å²) in [6, 6.07) is 2.64. The minimum atomic E-state index is 0.173. The van der Waals surface area contributed by atoms with Crippen LogP contribution < -0.4 is 0 Å². The van der Waals surface area contributed by atoms with E-state index in [0.717, 1.165) is 70.1 Å². The van der Waals surface area contributed by atoms with Gasteiger partial charge in [0.05, 0.1) is 31.4 Å². The molecule has 1 atom stereocenters. The average molecular weight is 377 g/mol. The summed E-state index contributed by atoms with van der Waals surface area (Å²) in [7, 11) is 0. The zero-order valence-corrected chi connectivity index (χ0v) is 16.4. The van der Waals surface area contributed by atoms with E-state index in [9.17, 15) is 4.79 Å². The van der Waals surface area contributed by atoms with Crippen LogP contribution in [-0.4, -0.2) is 84.3 Å². The van der Waals surface area contributed by atoms with Crippen molar-refractivity contribution in [2.45, 2.75) is 45.2 Å². The van der Waals surface area contributed by atoms with Crippen molar-refractivity contribution in [3.05, 3.63) is 17.5 Å².